The molecule has 0 atom stereocenters. The fraction of sp³-hybridized carbons (Fsp3) is 0.923. The number of rotatable bonds is 7. The van der Waals surface area contributed by atoms with Gasteiger partial charge < -0.3 is 19.9 Å². The fourth-order valence-electron chi connectivity index (χ4n) is 2.36. The number of likely N-dealkylation sites (tertiary alicyclic amines) is 1. The number of piperidine rings is 1. The van der Waals surface area contributed by atoms with Gasteiger partial charge in [-0.25, -0.2) is 0 Å². The number of ether oxygens (including phenoxy) is 1. The maximum Gasteiger partial charge on any atom is 0.236 e. The molecule has 1 rings (SSSR count). The van der Waals surface area contributed by atoms with Gasteiger partial charge in [-0.05, 0) is 32.9 Å². The number of halogens is 2. The first-order valence-corrected chi connectivity index (χ1v) is 6.75. The average molecular weight is 330 g/mol. The van der Waals surface area contributed by atoms with Crippen molar-refractivity contribution < 1.29 is 9.53 Å². The summed E-state index contributed by atoms with van der Waals surface area (Å²) in [5.74, 6) is 0.958. The van der Waals surface area contributed by atoms with Crippen LogP contribution in [0.15, 0.2) is 0 Å². The van der Waals surface area contributed by atoms with Gasteiger partial charge in [0.25, 0.3) is 0 Å². The molecule has 7 heteroatoms. The molecular formula is C13H29Cl2N3O2. The molecule has 1 N–H and O–H groups in total. The first kappa shape index (κ1) is 22.2. The molecule has 1 heterocycles. The van der Waals surface area contributed by atoms with Gasteiger partial charge in [-0.2, -0.15) is 0 Å². The summed E-state index contributed by atoms with van der Waals surface area (Å²) in [7, 11) is 5.88. The van der Waals surface area contributed by atoms with Crippen LogP contribution in [0.1, 0.15) is 12.8 Å². The smallest absolute Gasteiger partial charge is 0.236 e. The highest BCUT2D eigenvalue weighted by Gasteiger charge is 2.22. The molecule has 5 nitrogen and oxygen atoms in total. The van der Waals surface area contributed by atoms with Crippen molar-refractivity contribution >= 4 is 30.7 Å². The Bertz CT molecular complexity index is 248. The number of amides is 1. The summed E-state index contributed by atoms with van der Waals surface area (Å²) < 4.78 is 4.93. The Labute approximate surface area is 135 Å². The molecule has 0 unspecified atom stereocenters. The first-order chi connectivity index (χ1) is 8.63. The van der Waals surface area contributed by atoms with Crippen LogP contribution in [0.2, 0.25) is 0 Å². The van der Waals surface area contributed by atoms with E-state index in [0.29, 0.717) is 13.2 Å². The summed E-state index contributed by atoms with van der Waals surface area (Å²) in [4.78, 5) is 16.1. The van der Waals surface area contributed by atoms with E-state index in [-0.39, 0.29) is 30.7 Å². The molecule has 0 saturated carbocycles. The van der Waals surface area contributed by atoms with E-state index < -0.39 is 0 Å². The van der Waals surface area contributed by atoms with Crippen LogP contribution in [-0.2, 0) is 9.53 Å². The molecule has 122 valence electrons. The number of methoxy groups -OCH3 is 1. The standard InChI is InChI=1S/C13H27N3O2.2ClH/c1-15(2)11-12-4-7-16(8-5-12)13(17)10-14-6-9-18-3;;/h12,14H,4-11H2,1-3H3;2*1H. The first-order valence-electron chi connectivity index (χ1n) is 6.75. The van der Waals surface area contributed by atoms with E-state index in [0.717, 1.165) is 44.9 Å². The van der Waals surface area contributed by atoms with E-state index in [1.54, 1.807) is 7.11 Å². The van der Waals surface area contributed by atoms with Crippen molar-refractivity contribution in [3.05, 3.63) is 0 Å². The monoisotopic (exact) mass is 329 g/mol. The van der Waals surface area contributed by atoms with Crippen LogP contribution < -0.4 is 5.32 Å². The number of nitrogens with zero attached hydrogens (tertiary/aromatic N) is 2. The van der Waals surface area contributed by atoms with Crippen LogP contribution in [0.4, 0.5) is 0 Å². The minimum absolute atomic E-state index is 0. The fourth-order valence-corrected chi connectivity index (χ4v) is 2.36. The Balaban J connectivity index is 0. The lowest BCUT2D eigenvalue weighted by Crippen LogP contribution is -2.44. The van der Waals surface area contributed by atoms with Gasteiger partial charge in [-0.15, -0.1) is 24.8 Å². The van der Waals surface area contributed by atoms with Crippen molar-refractivity contribution in [2.45, 2.75) is 12.8 Å². The maximum absolute atomic E-state index is 11.9. The highest BCUT2D eigenvalue weighted by Crippen LogP contribution is 2.17. The second kappa shape index (κ2) is 12.7. The second-order valence-corrected chi connectivity index (χ2v) is 5.26. The summed E-state index contributed by atoms with van der Waals surface area (Å²) in [6.45, 7) is 4.76. The van der Waals surface area contributed by atoms with Crippen LogP contribution >= 0.6 is 24.8 Å². The molecule has 0 aromatic rings. The molecule has 0 aromatic heterocycles. The number of carbonyl (C=O) groups excluding carboxylic acids is 1. The van der Waals surface area contributed by atoms with E-state index >= 15 is 0 Å². The highest BCUT2D eigenvalue weighted by atomic mass is 35.5. The molecule has 1 saturated heterocycles. The Hall–Kier alpha value is -0.0700. The van der Waals surface area contributed by atoms with Crippen molar-refractivity contribution in [1.82, 2.24) is 15.1 Å². The van der Waals surface area contributed by atoms with Crippen molar-refractivity contribution in [2.75, 3.05) is 60.5 Å². The molecule has 1 aliphatic heterocycles. The summed E-state index contributed by atoms with van der Waals surface area (Å²) in [5, 5.41) is 3.10. The summed E-state index contributed by atoms with van der Waals surface area (Å²) in [6.07, 6.45) is 2.25. The van der Waals surface area contributed by atoms with Crippen LogP contribution in [0.5, 0.6) is 0 Å². The van der Waals surface area contributed by atoms with Gasteiger partial charge in [0.2, 0.25) is 5.91 Å². The minimum atomic E-state index is 0. The molecule has 0 radical (unpaired) electrons. The van der Waals surface area contributed by atoms with E-state index in [4.69, 9.17) is 4.74 Å². The molecular weight excluding hydrogens is 301 g/mol. The van der Waals surface area contributed by atoms with Gasteiger partial charge in [-0.1, -0.05) is 0 Å². The SMILES string of the molecule is COCCNCC(=O)N1CCC(CN(C)C)CC1.Cl.Cl. The van der Waals surface area contributed by atoms with Gasteiger partial charge in [0.15, 0.2) is 0 Å². The zero-order valence-corrected chi connectivity index (χ0v) is 14.4. The molecule has 0 aliphatic carbocycles. The Morgan fingerprint density at radius 1 is 1.30 bits per heavy atom. The van der Waals surface area contributed by atoms with Gasteiger partial charge in [0.05, 0.1) is 13.2 Å². The van der Waals surface area contributed by atoms with Gasteiger partial charge in [0, 0.05) is 33.3 Å². The largest absolute Gasteiger partial charge is 0.383 e. The van der Waals surface area contributed by atoms with Gasteiger partial charge in [-0.3, -0.25) is 4.79 Å². The van der Waals surface area contributed by atoms with E-state index in [1.807, 2.05) is 4.90 Å². The Morgan fingerprint density at radius 3 is 2.40 bits per heavy atom. The predicted molar refractivity (Wildman–Crippen MR) is 87.1 cm³/mol. The van der Waals surface area contributed by atoms with Crippen molar-refractivity contribution in [3.8, 4) is 0 Å². The maximum atomic E-state index is 11.9. The lowest BCUT2D eigenvalue weighted by atomic mass is 9.96. The normalized spacial score (nSPS) is 15.7. The molecule has 0 aromatic carbocycles. The molecule has 1 fully saturated rings. The van der Waals surface area contributed by atoms with Crippen LogP contribution in [0, 0.1) is 5.92 Å². The molecule has 0 bridgehead atoms. The zero-order valence-electron chi connectivity index (χ0n) is 12.8. The lowest BCUT2D eigenvalue weighted by molar-refractivity contribution is -0.131. The van der Waals surface area contributed by atoms with Crippen LogP contribution in [0.25, 0.3) is 0 Å². The molecule has 1 amide bonds. The number of nitrogens with one attached hydrogen (secondary N) is 1. The average Bonchev–Trinajstić information content (AvgIpc) is 2.34. The van der Waals surface area contributed by atoms with Gasteiger partial charge in [0.1, 0.15) is 0 Å². The van der Waals surface area contributed by atoms with Crippen molar-refractivity contribution in [3.63, 3.8) is 0 Å². The molecule has 0 spiro atoms. The zero-order chi connectivity index (χ0) is 13.4. The quantitative estimate of drug-likeness (QED) is 0.704. The number of carbonyl (C=O) groups is 1. The van der Waals surface area contributed by atoms with Crippen molar-refractivity contribution in [1.29, 1.82) is 0 Å². The van der Waals surface area contributed by atoms with E-state index in [9.17, 15) is 4.79 Å². The highest BCUT2D eigenvalue weighted by molar-refractivity contribution is 5.85. The Kier molecular flexibility index (Phi) is 14.1. The Morgan fingerprint density at radius 2 is 1.90 bits per heavy atom. The predicted octanol–water partition coefficient (Wildman–Crippen LogP) is 0.866. The second-order valence-electron chi connectivity index (χ2n) is 5.26. The number of hydrogen-bond donors (Lipinski definition) is 1. The summed E-state index contributed by atoms with van der Waals surface area (Å²) >= 11 is 0. The van der Waals surface area contributed by atoms with Crippen molar-refractivity contribution in [2.24, 2.45) is 5.92 Å². The summed E-state index contributed by atoms with van der Waals surface area (Å²) in [6, 6.07) is 0. The minimum Gasteiger partial charge on any atom is -0.383 e. The molecule has 20 heavy (non-hydrogen) atoms. The third-order valence-electron chi connectivity index (χ3n) is 3.35. The number of hydrogen-bond acceptors (Lipinski definition) is 4. The molecule has 1 aliphatic rings. The van der Waals surface area contributed by atoms with Crippen LogP contribution in [0.3, 0.4) is 0 Å². The van der Waals surface area contributed by atoms with E-state index in [2.05, 4.69) is 24.3 Å². The summed E-state index contributed by atoms with van der Waals surface area (Å²) in [5.41, 5.74) is 0. The van der Waals surface area contributed by atoms with Crippen LogP contribution in [-0.4, -0.2) is 76.2 Å². The third-order valence-corrected chi connectivity index (χ3v) is 3.35. The lowest BCUT2D eigenvalue weighted by Gasteiger charge is -2.33. The topological polar surface area (TPSA) is 44.8 Å². The van der Waals surface area contributed by atoms with Gasteiger partial charge >= 0.3 is 0 Å². The van der Waals surface area contributed by atoms with E-state index in [1.165, 1.54) is 0 Å². The third kappa shape index (κ3) is 8.97.